The molecule has 0 saturated carbocycles. The molecule has 2 aromatic carbocycles. The number of hydrogen-bond acceptors (Lipinski definition) is 7. The molecule has 0 radical (unpaired) electrons. The number of aliphatic hydroxyl groups is 1. The fraction of sp³-hybridized carbons (Fsp3) is 0.444. The second kappa shape index (κ2) is 14.1. The third-order valence-corrected chi connectivity index (χ3v) is 5.80. The number of carbonyl (C=O) groups is 3. The quantitative estimate of drug-likeness (QED) is 0.302. The summed E-state index contributed by atoms with van der Waals surface area (Å²) in [6.45, 7) is 3.00. The molecule has 0 aromatic heterocycles. The summed E-state index contributed by atoms with van der Waals surface area (Å²) in [6, 6.07) is 12.6. The molecule has 0 aliphatic carbocycles. The maximum atomic E-state index is 13.1. The predicted octanol–water partition coefficient (Wildman–Crippen LogP) is 2.91. The summed E-state index contributed by atoms with van der Waals surface area (Å²) in [5, 5.41) is 30.6. The molecule has 0 spiro atoms. The molecule has 4 N–H and O–H groups in total. The zero-order chi connectivity index (χ0) is 25.8. The maximum absolute atomic E-state index is 13.1. The Balaban J connectivity index is 2.00. The van der Waals surface area contributed by atoms with E-state index in [0.29, 0.717) is 12.8 Å². The first-order valence-corrected chi connectivity index (χ1v) is 11.9. The summed E-state index contributed by atoms with van der Waals surface area (Å²) < 4.78 is 4.92. The van der Waals surface area contributed by atoms with Gasteiger partial charge in [0.05, 0.1) is 18.6 Å². The lowest BCUT2D eigenvalue weighted by Gasteiger charge is -2.22. The summed E-state index contributed by atoms with van der Waals surface area (Å²) in [5.41, 5.74) is 1.80. The highest BCUT2D eigenvalue weighted by atomic mass is 16.5. The van der Waals surface area contributed by atoms with Crippen molar-refractivity contribution in [1.82, 2.24) is 5.32 Å². The monoisotopic (exact) mass is 485 g/mol. The number of aryl methyl sites for hydroxylation is 1. The zero-order valence-electron chi connectivity index (χ0n) is 20.3. The van der Waals surface area contributed by atoms with Crippen molar-refractivity contribution in [2.75, 3.05) is 13.2 Å². The summed E-state index contributed by atoms with van der Waals surface area (Å²) in [7, 11) is 0. The SMILES string of the molecule is CC(CC(C)C(=O)OCCO)C(=O)N[C@@H](Cc1ccc(O)cc1)C(=O)CCCc1ccc(O)cc1. The Hall–Kier alpha value is -3.39. The number of carbonyl (C=O) groups excluding carboxylic acids is 3. The van der Waals surface area contributed by atoms with Crippen molar-refractivity contribution in [3.8, 4) is 11.5 Å². The van der Waals surface area contributed by atoms with E-state index in [1.165, 1.54) is 12.1 Å². The van der Waals surface area contributed by atoms with Crippen LogP contribution in [0.4, 0.5) is 0 Å². The number of aromatic hydroxyl groups is 2. The number of esters is 1. The molecule has 8 heteroatoms. The van der Waals surface area contributed by atoms with Crippen LogP contribution in [0, 0.1) is 11.8 Å². The van der Waals surface area contributed by atoms with Crippen LogP contribution < -0.4 is 5.32 Å². The lowest BCUT2D eigenvalue weighted by Crippen LogP contribution is -2.45. The Morgan fingerprint density at radius 1 is 0.886 bits per heavy atom. The Labute approximate surface area is 205 Å². The van der Waals surface area contributed by atoms with E-state index in [1.54, 1.807) is 38.1 Å². The number of nitrogens with one attached hydrogen (secondary N) is 1. The van der Waals surface area contributed by atoms with Gasteiger partial charge in [-0.25, -0.2) is 0 Å². The van der Waals surface area contributed by atoms with Crippen molar-refractivity contribution in [2.45, 2.75) is 52.0 Å². The highest BCUT2D eigenvalue weighted by Crippen LogP contribution is 2.17. The predicted molar refractivity (Wildman–Crippen MR) is 131 cm³/mol. The Morgan fingerprint density at radius 3 is 2.03 bits per heavy atom. The van der Waals surface area contributed by atoms with E-state index < -0.39 is 23.8 Å². The van der Waals surface area contributed by atoms with Crippen LogP contribution in [0.15, 0.2) is 48.5 Å². The minimum Gasteiger partial charge on any atom is -0.508 e. The average molecular weight is 486 g/mol. The molecule has 2 unspecified atom stereocenters. The van der Waals surface area contributed by atoms with Crippen LogP contribution in [0.3, 0.4) is 0 Å². The molecule has 0 bridgehead atoms. The molecule has 3 atom stereocenters. The van der Waals surface area contributed by atoms with Gasteiger partial charge >= 0.3 is 5.97 Å². The molecule has 35 heavy (non-hydrogen) atoms. The number of rotatable bonds is 14. The second-order valence-corrected chi connectivity index (χ2v) is 8.85. The third kappa shape index (κ3) is 9.78. The van der Waals surface area contributed by atoms with E-state index >= 15 is 0 Å². The van der Waals surface area contributed by atoms with Gasteiger partial charge in [-0.1, -0.05) is 38.1 Å². The van der Waals surface area contributed by atoms with Crippen LogP contribution in [0.25, 0.3) is 0 Å². The van der Waals surface area contributed by atoms with Crippen LogP contribution in [0.5, 0.6) is 11.5 Å². The minimum absolute atomic E-state index is 0.0862. The van der Waals surface area contributed by atoms with Crippen molar-refractivity contribution in [2.24, 2.45) is 11.8 Å². The fourth-order valence-electron chi connectivity index (χ4n) is 3.75. The molecule has 0 aliphatic rings. The van der Waals surface area contributed by atoms with Crippen LogP contribution in [0.1, 0.15) is 44.2 Å². The number of phenols is 2. The molecular weight excluding hydrogens is 450 g/mol. The normalized spacial score (nSPS) is 13.5. The second-order valence-electron chi connectivity index (χ2n) is 8.85. The first kappa shape index (κ1) is 27.9. The molecule has 0 fully saturated rings. The van der Waals surface area contributed by atoms with Crippen molar-refractivity contribution in [1.29, 1.82) is 0 Å². The van der Waals surface area contributed by atoms with E-state index in [0.717, 1.165) is 11.1 Å². The number of ether oxygens (including phenoxy) is 1. The molecule has 0 aliphatic heterocycles. The van der Waals surface area contributed by atoms with Gasteiger partial charge < -0.3 is 25.4 Å². The number of amides is 1. The van der Waals surface area contributed by atoms with Gasteiger partial charge in [-0.05, 0) is 61.1 Å². The average Bonchev–Trinajstić information content (AvgIpc) is 2.84. The first-order valence-electron chi connectivity index (χ1n) is 11.9. The van der Waals surface area contributed by atoms with Gasteiger partial charge in [-0.2, -0.15) is 0 Å². The number of ketones is 1. The van der Waals surface area contributed by atoms with Crippen LogP contribution in [0.2, 0.25) is 0 Å². The zero-order valence-corrected chi connectivity index (χ0v) is 20.3. The van der Waals surface area contributed by atoms with E-state index in [2.05, 4.69) is 5.32 Å². The topological polar surface area (TPSA) is 133 Å². The molecule has 0 heterocycles. The molecule has 190 valence electrons. The molecule has 0 saturated heterocycles. The number of aliphatic hydroxyl groups excluding tert-OH is 1. The fourth-order valence-corrected chi connectivity index (χ4v) is 3.75. The Kier molecular flexibility index (Phi) is 11.2. The van der Waals surface area contributed by atoms with E-state index in [9.17, 15) is 24.6 Å². The van der Waals surface area contributed by atoms with Crippen molar-refractivity contribution in [3.05, 3.63) is 59.7 Å². The lowest BCUT2D eigenvalue weighted by atomic mass is 9.94. The number of Topliss-reactive ketones (excluding diaryl/α,β-unsaturated/α-hetero) is 1. The van der Waals surface area contributed by atoms with Gasteiger partial charge in [-0.3, -0.25) is 14.4 Å². The van der Waals surface area contributed by atoms with Crippen LogP contribution >= 0.6 is 0 Å². The van der Waals surface area contributed by atoms with Crippen LogP contribution in [-0.4, -0.2) is 52.2 Å². The molecule has 1 amide bonds. The van der Waals surface area contributed by atoms with Gasteiger partial charge in [0.15, 0.2) is 5.78 Å². The first-order chi connectivity index (χ1) is 16.7. The molecular formula is C27H35NO7. The van der Waals surface area contributed by atoms with Gasteiger partial charge in [0.25, 0.3) is 0 Å². The van der Waals surface area contributed by atoms with Crippen molar-refractivity contribution in [3.63, 3.8) is 0 Å². The van der Waals surface area contributed by atoms with E-state index in [-0.39, 0.29) is 55.7 Å². The molecule has 8 nitrogen and oxygen atoms in total. The van der Waals surface area contributed by atoms with Gasteiger partial charge in [0, 0.05) is 12.3 Å². The molecule has 2 rings (SSSR count). The molecule has 2 aromatic rings. The summed E-state index contributed by atoms with van der Waals surface area (Å²) in [6.07, 6.45) is 2.05. The standard InChI is InChI=1S/C27H35NO7/c1-18(16-19(2)27(34)35-15-14-29)26(33)28-24(17-21-8-12-23(31)13-9-21)25(32)5-3-4-20-6-10-22(30)11-7-20/h6-13,18-19,24,29-31H,3-5,14-17H2,1-2H3,(H,28,33)/t18?,19?,24-/m0/s1. The Morgan fingerprint density at radius 2 is 1.46 bits per heavy atom. The highest BCUT2D eigenvalue weighted by molar-refractivity contribution is 5.90. The summed E-state index contributed by atoms with van der Waals surface area (Å²) in [4.78, 5) is 37.9. The number of hydrogen-bond donors (Lipinski definition) is 4. The lowest BCUT2D eigenvalue weighted by molar-refractivity contribution is -0.149. The Bertz CT molecular complexity index is 956. The van der Waals surface area contributed by atoms with E-state index in [1.807, 2.05) is 12.1 Å². The number of phenolic OH excluding ortho intramolecular Hbond substituents is 2. The van der Waals surface area contributed by atoms with Gasteiger partial charge in [-0.15, -0.1) is 0 Å². The summed E-state index contributed by atoms with van der Waals surface area (Å²) >= 11 is 0. The van der Waals surface area contributed by atoms with Crippen molar-refractivity contribution >= 4 is 17.7 Å². The highest BCUT2D eigenvalue weighted by Gasteiger charge is 2.26. The van der Waals surface area contributed by atoms with E-state index in [4.69, 9.17) is 9.84 Å². The smallest absolute Gasteiger partial charge is 0.308 e. The van der Waals surface area contributed by atoms with Gasteiger partial charge in [0.2, 0.25) is 5.91 Å². The van der Waals surface area contributed by atoms with Crippen LogP contribution in [-0.2, 0) is 32.0 Å². The summed E-state index contributed by atoms with van der Waals surface area (Å²) in [5.74, 6) is -1.67. The minimum atomic E-state index is -0.744. The third-order valence-electron chi connectivity index (χ3n) is 5.80. The van der Waals surface area contributed by atoms with Gasteiger partial charge in [0.1, 0.15) is 18.1 Å². The largest absolute Gasteiger partial charge is 0.508 e. The number of benzene rings is 2. The van der Waals surface area contributed by atoms with Crippen molar-refractivity contribution < 1.29 is 34.4 Å². The maximum Gasteiger partial charge on any atom is 0.308 e.